The normalized spacial score (nSPS) is 15.4. The van der Waals surface area contributed by atoms with E-state index in [0.29, 0.717) is 0 Å². The largest absolute Gasteiger partial charge is 0.382 e. The Morgan fingerprint density at radius 2 is 1.85 bits per heavy atom. The number of morpholine rings is 1. The van der Waals surface area contributed by atoms with E-state index >= 15 is 0 Å². The predicted octanol–water partition coefficient (Wildman–Crippen LogP) is 2.23. The molecule has 26 heavy (non-hydrogen) atoms. The Balaban J connectivity index is 0.00000338. The molecule has 0 saturated carbocycles. The van der Waals surface area contributed by atoms with Gasteiger partial charge in [0.25, 0.3) is 0 Å². The number of halogens is 1. The van der Waals surface area contributed by atoms with Gasteiger partial charge in [-0.1, -0.05) is 24.3 Å². The number of ether oxygens (including phenoxy) is 2. The molecule has 0 aromatic heterocycles. The van der Waals surface area contributed by atoms with Crippen LogP contribution in [0.2, 0.25) is 0 Å². The fraction of sp³-hybridized carbons (Fsp3) is 0.632. The monoisotopic (exact) mass is 476 g/mol. The van der Waals surface area contributed by atoms with E-state index in [1.807, 2.05) is 6.92 Å². The van der Waals surface area contributed by atoms with Crippen molar-refractivity contribution in [3.8, 4) is 0 Å². The van der Waals surface area contributed by atoms with Gasteiger partial charge in [-0.2, -0.15) is 0 Å². The average molecular weight is 476 g/mol. The Hall–Kier alpha value is -0.900. The highest BCUT2D eigenvalue weighted by Crippen LogP contribution is 2.09. The smallest absolute Gasteiger partial charge is 0.191 e. The molecule has 1 aromatic carbocycles. The number of benzene rings is 1. The van der Waals surface area contributed by atoms with Crippen molar-refractivity contribution < 1.29 is 9.47 Å². The second-order valence-corrected chi connectivity index (χ2v) is 6.11. The van der Waals surface area contributed by atoms with Crippen LogP contribution in [0.3, 0.4) is 0 Å². The number of aliphatic imine (C=N–C) groups is 1. The maximum atomic E-state index is 5.39. The molecule has 148 valence electrons. The molecular formula is C19H33IN4O2. The van der Waals surface area contributed by atoms with Crippen molar-refractivity contribution in [2.45, 2.75) is 26.4 Å². The molecule has 1 heterocycles. The van der Waals surface area contributed by atoms with E-state index < -0.39 is 0 Å². The first-order valence-electron chi connectivity index (χ1n) is 9.22. The Bertz CT molecular complexity index is 505. The van der Waals surface area contributed by atoms with Gasteiger partial charge >= 0.3 is 0 Å². The molecule has 6 nitrogen and oxygen atoms in total. The summed E-state index contributed by atoms with van der Waals surface area (Å²) < 4.78 is 10.7. The van der Waals surface area contributed by atoms with Crippen molar-refractivity contribution in [2.24, 2.45) is 4.99 Å². The lowest BCUT2D eigenvalue weighted by Gasteiger charge is -2.26. The molecule has 0 spiro atoms. The number of nitrogens with one attached hydrogen (secondary N) is 2. The maximum absolute atomic E-state index is 5.39. The van der Waals surface area contributed by atoms with Gasteiger partial charge in [0.2, 0.25) is 0 Å². The molecule has 1 aromatic rings. The van der Waals surface area contributed by atoms with E-state index in [-0.39, 0.29) is 24.0 Å². The Morgan fingerprint density at radius 3 is 2.50 bits per heavy atom. The average Bonchev–Trinajstić information content (AvgIpc) is 2.66. The van der Waals surface area contributed by atoms with Crippen LogP contribution in [0.25, 0.3) is 0 Å². The fourth-order valence-corrected chi connectivity index (χ4v) is 2.71. The van der Waals surface area contributed by atoms with Crippen LogP contribution in [0.4, 0.5) is 0 Å². The van der Waals surface area contributed by atoms with Gasteiger partial charge in [-0.3, -0.25) is 9.89 Å². The molecule has 2 rings (SSSR count). The zero-order chi connectivity index (χ0) is 17.7. The molecule has 7 heteroatoms. The minimum absolute atomic E-state index is 0. The highest BCUT2D eigenvalue weighted by atomic mass is 127. The quantitative estimate of drug-likeness (QED) is 0.248. The van der Waals surface area contributed by atoms with Crippen molar-refractivity contribution >= 4 is 29.9 Å². The van der Waals surface area contributed by atoms with Crippen LogP contribution < -0.4 is 10.6 Å². The summed E-state index contributed by atoms with van der Waals surface area (Å²) in [4.78, 5) is 6.69. The third-order valence-corrected chi connectivity index (χ3v) is 4.18. The van der Waals surface area contributed by atoms with Gasteiger partial charge in [0.05, 0.1) is 13.2 Å². The SMILES string of the molecule is CCOCCCNC(=NC)NCc1ccc(CN2CCOCC2)cc1.I. The second-order valence-electron chi connectivity index (χ2n) is 6.11. The molecule has 1 saturated heterocycles. The van der Waals surface area contributed by atoms with E-state index in [0.717, 1.165) is 71.5 Å². The Kier molecular flexibility index (Phi) is 12.6. The standard InChI is InChI=1S/C19H32N4O2.HI/c1-3-24-12-4-9-21-19(20-2)22-15-17-5-7-18(8-6-17)16-23-10-13-25-14-11-23;/h5-8H,3-4,9-16H2,1-2H3,(H2,20,21,22);1H. The zero-order valence-electron chi connectivity index (χ0n) is 16.0. The van der Waals surface area contributed by atoms with Crippen LogP contribution in [-0.2, 0) is 22.6 Å². The van der Waals surface area contributed by atoms with Gasteiger partial charge in [-0.15, -0.1) is 24.0 Å². The summed E-state index contributed by atoms with van der Waals surface area (Å²) in [6, 6.07) is 8.80. The number of hydrogen-bond acceptors (Lipinski definition) is 4. The van der Waals surface area contributed by atoms with Gasteiger partial charge in [-0.05, 0) is 24.5 Å². The zero-order valence-corrected chi connectivity index (χ0v) is 18.3. The molecule has 1 aliphatic heterocycles. The number of guanidine groups is 1. The topological polar surface area (TPSA) is 58.1 Å². The first-order valence-corrected chi connectivity index (χ1v) is 9.22. The lowest BCUT2D eigenvalue weighted by Crippen LogP contribution is -2.37. The summed E-state index contributed by atoms with van der Waals surface area (Å²) in [7, 11) is 1.79. The molecule has 0 aliphatic carbocycles. The van der Waals surface area contributed by atoms with E-state index in [1.54, 1.807) is 7.05 Å². The van der Waals surface area contributed by atoms with E-state index in [4.69, 9.17) is 9.47 Å². The molecule has 0 bridgehead atoms. The molecule has 1 aliphatic rings. The van der Waals surface area contributed by atoms with Crippen LogP contribution in [0.1, 0.15) is 24.5 Å². The van der Waals surface area contributed by atoms with Crippen molar-refractivity contribution in [3.05, 3.63) is 35.4 Å². The maximum Gasteiger partial charge on any atom is 0.191 e. The minimum Gasteiger partial charge on any atom is -0.382 e. The van der Waals surface area contributed by atoms with Gasteiger partial charge < -0.3 is 20.1 Å². The summed E-state index contributed by atoms with van der Waals surface area (Å²) >= 11 is 0. The lowest BCUT2D eigenvalue weighted by molar-refractivity contribution is 0.0342. The van der Waals surface area contributed by atoms with Gasteiger partial charge in [0.15, 0.2) is 5.96 Å². The highest BCUT2D eigenvalue weighted by Gasteiger charge is 2.10. The summed E-state index contributed by atoms with van der Waals surface area (Å²) in [5.74, 6) is 0.828. The van der Waals surface area contributed by atoms with Crippen LogP contribution in [0.5, 0.6) is 0 Å². The number of hydrogen-bond donors (Lipinski definition) is 2. The first-order chi connectivity index (χ1) is 12.3. The summed E-state index contributed by atoms with van der Waals surface area (Å²) in [6.07, 6.45) is 0.977. The van der Waals surface area contributed by atoms with Crippen molar-refractivity contribution in [1.29, 1.82) is 0 Å². The molecule has 1 fully saturated rings. The molecule has 2 N–H and O–H groups in total. The van der Waals surface area contributed by atoms with Gasteiger partial charge in [-0.25, -0.2) is 0 Å². The van der Waals surface area contributed by atoms with Crippen molar-refractivity contribution in [2.75, 3.05) is 53.1 Å². The van der Waals surface area contributed by atoms with Gasteiger partial charge in [0, 0.05) is 53.0 Å². The van der Waals surface area contributed by atoms with E-state index in [1.165, 1.54) is 11.1 Å². The van der Waals surface area contributed by atoms with Crippen LogP contribution in [-0.4, -0.2) is 64.0 Å². The van der Waals surface area contributed by atoms with Crippen molar-refractivity contribution in [3.63, 3.8) is 0 Å². The lowest BCUT2D eigenvalue weighted by atomic mass is 10.1. The van der Waals surface area contributed by atoms with Gasteiger partial charge in [0.1, 0.15) is 0 Å². The third kappa shape index (κ3) is 9.16. The number of nitrogens with zero attached hydrogens (tertiary/aromatic N) is 2. The fourth-order valence-electron chi connectivity index (χ4n) is 2.71. The molecule has 0 amide bonds. The summed E-state index contributed by atoms with van der Waals surface area (Å²) in [5.41, 5.74) is 2.60. The number of rotatable bonds is 9. The molecule has 0 atom stereocenters. The van der Waals surface area contributed by atoms with E-state index in [2.05, 4.69) is 44.8 Å². The third-order valence-electron chi connectivity index (χ3n) is 4.18. The van der Waals surface area contributed by atoms with E-state index in [9.17, 15) is 0 Å². The predicted molar refractivity (Wildman–Crippen MR) is 117 cm³/mol. The van der Waals surface area contributed by atoms with Crippen LogP contribution in [0, 0.1) is 0 Å². The summed E-state index contributed by atoms with van der Waals surface area (Å²) in [5, 5.41) is 6.65. The molecular weight excluding hydrogens is 443 g/mol. The molecule has 0 radical (unpaired) electrons. The van der Waals surface area contributed by atoms with Crippen molar-refractivity contribution in [1.82, 2.24) is 15.5 Å². The minimum atomic E-state index is 0. The Labute approximate surface area is 174 Å². The summed E-state index contributed by atoms with van der Waals surface area (Å²) in [6.45, 7) is 9.93. The van der Waals surface area contributed by atoms with Crippen LogP contribution in [0.15, 0.2) is 29.3 Å². The highest BCUT2D eigenvalue weighted by molar-refractivity contribution is 14.0. The Morgan fingerprint density at radius 1 is 1.15 bits per heavy atom. The first kappa shape index (κ1) is 23.1. The second kappa shape index (κ2) is 14.2. The van der Waals surface area contributed by atoms with Crippen LogP contribution >= 0.6 is 24.0 Å². The molecule has 0 unspecified atom stereocenters.